The first kappa shape index (κ1) is 17.6. The molecule has 2 aromatic carbocycles. The molecule has 21 heavy (non-hydrogen) atoms. The minimum absolute atomic E-state index is 0.292. The molecule has 0 aromatic heterocycles. The van der Waals surface area contributed by atoms with Gasteiger partial charge >= 0.3 is 0 Å². The molecule has 0 heterocycles. The Morgan fingerprint density at radius 3 is 1.95 bits per heavy atom. The second-order valence-electron chi connectivity index (χ2n) is 4.61. The van der Waals surface area contributed by atoms with Crippen molar-refractivity contribution in [2.24, 2.45) is 5.73 Å². The van der Waals surface area contributed by atoms with Crippen molar-refractivity contribution >= 4 is 23.2 Å². The third kappa shape index (κ3) is 5.44. The molecule has 2 N–H and O–H groups in total. The van der Waals surface area contributed by atoms with E-state index in [1.54, 1.807) is 12.1 Å². The number of benzene rings is 2. The second-order valence-corrected chi connectivity index (χ2v) is 5.43. The Morgan fingerprint density at radius 2 is 1.43 bits per heavy atom. The lowest BCUT2D eigenvalue weighted by molar-refractivity contribution is 0.570. The largest absolute Gasteiger partial charge is 0.324 e. The molecular weight excluding hydrogens is 301 g/mol. The van der Waals surface area contributed by atoms with E-state index in [1.807, 2.05) is 12.1 Å². The van der Waals surface area contributed by atoms with Gasteiger partial charge in [-0.1, -0.05) is 59.6 Å². The SMILES string of the molecule is C#C.Clc1ccccc1Cl.N[C@H]1CCCc2ccccc21. The van der Waals surface area contributed by atoms with Gasteiger partial charge in [0, 0.05) is 6.04 Å². The quantitative estimate of drug-likeness (QED) is 0.658. The third-order valence-corrected chi connectivity index (χ3v) is 4.00. The van der Waals surface area contributed by atoms with E-state index in [0.29, 0.717) is 16.1 Å². The van der Waals surface area contributed by atoms with Crippen LogP contribution in [0.25, 0.3) is 0 Å². The molecular formula is C18H19Cl2N. The zero-order valence-corrected chi connectivity index (χ0v) is 13.3. The van der Waals surface area contributed by atoms with Crippen LogP contribution in [0.3, 0.4) is 0 Å². The monoisotopic (exact) mass is 319 g/mol. The van der Waals surface area contributed by atoms with Crippen LogP contribution in [0.2, 0.25) is 10.0 Å². The summed E-state index contributed by atoms with van der Waals surface area (Å²) in [6, 6.07) is 16.0. The fourth-order valence-corrected chi connectivity index (χ4v) is 2.50. The minimum atomic E-state index is 0.292. The molecule has 0 amide bonds. The number of hydrogen-bond donors (Lipinski definition) is 1. The van der Waals surface area contributed by atoms with Gasteiger partial charge in [-0.3, -0.25) is 0 Å². The van der Waals surface area contributed by atoms with Crippen LogP contribution in [0.4, 0.5) is 0 Å². The van der Waals surface area contributed by atoms with Crippen molar-refractivity contribution in [3.8, 4) is 12.8 Å². The lowest BCUT2D eigenvalue weighted by Crippen LogP contribution is -2.16. The third-order valence-electron chi connectivity index (χ3n) is 3.24. The minimum Gasteiger partial charge on any atom is -0.324 e. The van der Waals surface area contributed by atoms with Gasteiger partial charge in [-0.2, -0.15) is 0 Å². The van der Waals surface area contributed by atoms with Crippen LogP contribution in [0.5, 0.6) is 0 Å². The average Bonchev–Trinajstić information content (AvgIpc) is 2.53. The van der Waals surface area contributed by atoms with Crippen molar-refractivity contribution < 1.29 is 0 Å². The maximum atomic E-state index is 5.95. The molecule has 1 aliphatic carbocycles. The number of halogens is 2. The predicted molar refractivity (Wildman–Crippen MR) is 92.7 cm³/mol. The standard InChI is InChI=1S/C10H13N.C6H4Cl2.C2H2/c11-10-7-3-5-8-4-1-2-6-9(8)10;7-5-3-1-2-4-6(5)8;1-2/h1-2,4,6,10H,3,5,7,11H2;1-4H;1-2H/t10-;;/m0../s1. The van der Waals surface area contributed by atoms with Crippen LogP contribution in [-0.4, -0.2) is 0 Å². The Kier molecular flexibility index (Phi) is 7.93. The van der Waals surface area contributed by atoms with Crippen molar-refractivity contribution in [1.82, 2.24) is 0 Å². The van der Waals surface area contributed by atoms with Gasteiger partial charge in [-0.05, 0) is 42.5 Å². The maximum absolute atomic E-state index is 5.95. The molecule has 0 fully saturated rings. The summed E-state index contributed by atoms with van der Waals surface area (Å²) >= 11 is 11.2. The molecule has 0 aliphatic heterocycles. The molecule has 1 atom stereocenters. The van der Waals surface area contributed by atoms with Gasteiger partial charge < -0.3 is 5.73 Å². The van der Waals surface area contributed by atoms with E-state index >= 15 is 0 Å². The molecule has 0 saturated heterocycles. The number of nitrogens with two attached hydrogens (primary N) is 1. The number of hydrogen-bond acceptors (Lipinski definition) is 1. The molecule has 0 spiro atoms. The van der Waals surface area contributed by atoms with Crippen LogP contribution < -0.4 is 5.73 Å². The summed E-state index contributed by atoms with van der Waals surface area (Å²) in [5, 5.41) is 1.21. The maximum Gasteiger partial charge on any atom is 0.0592 e. The first-order valence-corrected chi connectivity index (χ1v) is 7.51. The second kappa shape index (κ2) is 9.47. The van der Waals surface area contributed by atoms with Gasteiger partial charge in [0.25, 0.3) is 0 Å². The topological polar surface area (TPSA) is 26.0 Å². The van der Waals surface area contributed by atoms with Gasteiger partial charge in [0.15, 0.2) is 0 Å². The van der Waals surface area contributed by atoms with Gasteiger partial charge in [-0.25, -0.2) is 0 Å². The number of terminal acetylenes is 1. The van der Waals surface area contributed by atoms with Crippen LogP contribution in [-0.2, 0) is 6.42 Å². The molecule has 110 valence electrons. The highest BCUT2D eigenvalue weighted by atomic mass is 35.5. The molecule has 0 saturated carbocycles. The fraction of sp³-hybridized carbons (Fsp3) is 0.222. The highest BCUT2D eigenvalue weighted by Crippen LogP contribution is 2.26. The summed E-state index contributed by atoms with van der Waals surface area (Å²) in [5.41, 5.74) is 8.76. The summed E-state index contributed by atoms with van der Waals surface area (Å²) in [6.45, 7) is 0. The van der Waals surface area contributed by atoms with Crippen molar-refractivity contribution in [2.75, 3.05) is 0 Å². The van der Waals surface area contributed by atoms with Crippen LogP contribution >= 0.6 is 23.2 Å². The molecule has 3 heteroatoms. The first-order valence-electron chi connectivity index (χ1n) is 6.75. The number of fused-ring (bicyclic) bond motifs is 1. The Hall–Kier alpha value is -1.46. The van der Waals surface area contributed by atoms with Gasteiger partial charge in [0.2, 0.25) is 0 Å². The Balaban J connectivity index is 0.000000196. The van der Waals surface area contributed by atoms with E-state index in [1.165, 1.54) is 24.0 Å². The summed E-state index contributed by atoms with van der Waals surface area (Å²) in [5.74, 6) is 0. The zero-order valence-electron chi connectivity index (χ0n) is 11.8. The van der Waals surface area contributed by atoms with Crippen LogP contribution in [0, 0.1) is 12.8 Å². The molecule has 2 aromatic rings. The highest BCUT2D eigenvalue weighted by Gasteiger charge is 2.14. The normalized spacial score (nSPS) is 15.6. The first-order chi connectivity index (χ1) is 10.2. The lowest BCUT2D eigenvalue weighted by Gasteiger charge is -2.21. The summed E-state index contributed by atoms with van der Waals surface area (Å²) in [4.78, 5) is 0. The molecule has 0 unspecified atom stereocenters. The van der Waals surface area contributed by atoms with Gasteiger partial charge in [0.05, 0.1) is 10.0 Å². The van der Waals surface area contributed by atoms with E-state index in [-0.39, 0.29) is 0 Å². The number of rotatable bonds is 0. The lowest BCUT2D eigenvalue weighted by atomic mass is 9.88. The smallest absolute Gasteiger partial charge is 0.0592 e. The van der Waals surface area contributed by atoms with Gasteiger partial charge in [-0.15, -0.1) is 12.8 Å². The van der Waals surface area contributed by atoms with Crippen molar-refractivity contribution in [3.63, 3.8) is 0 Å². The Bertz CT molecular complexity index is 557. The molecule has 0 bridgehead atoms. The predicted octanol–water partition coefficient (Wildman–Crippen LogP) is 5.27. The molecule has 1 nitrogen and oxygen atoms in total. The highest BCUT2D eigenvalue weighted by molar-refractivity contribution is 6.41. The van der Waals surface area contributed by atoms with Crippen LogP contribution in [0.15, 0.2) is 48.5 Å². The van der Waals surface area contributed by atoms with Crippen molar-refractivity contribution in [3.05, 3.63) is 69.7 Å². The van der Waals surface area contributed by atoms with E-state index in [0.717, 1.165) is 6.42 Å². The number of aryl methyl sites for hydroxylation is 1. The average molecular weight is 320 g/mol. The van der Waals surface area contributed by atoms with Crippen molar-refractivity contribution in [2.45, 2.75) is 25.3 Å². The van der Waals surface area contributed by atoms with E-state index < -0.39 is 0 Å². The molecule has 3 rings (SSSR count). The van der Waals surface area contributed by atoms with Crippen LogP contribution in [0.1, 0.15) is 30.0 Å². The Labute approximate surface area is 137 Å². The van der Waals surface area contributed by atoms with E-state index in [4.69, 9.17) is 28.9 Å². The summed E-state index contributed by atoms with van der Waals surface area (Å²) in [6.07, 6.45) is 11.6. The van der Waals surface area contributed by atoms with Crippen molar-refractivity contribution in [1.29, 1.82) is 0 Å². The summed E-state index contributed by atoms with van der Waals surface area (Å²) in [7, 11) is 0. The zero-order chi connectivity index (χ0) is 15.7. The van der Waals surface area contributed by atoms with Gasteiger partial charge in [0.1, 0.15) is 0 Å². The Morgan fingerprint density at radius 1 is 0.905 bits per heavy atom. The summed E-state index contributed by atoms with van der Waals surface area (Å²) < 4.78 is 0. The molecule has 1 aliphatic rings. The van der Waals surface area contributed by atoms with E-state index in [2.05, 4.69) is 37.1 Å². The molecule has 0 radical (unpaired) electrons. The fourth-order valence-electron chi connectivity index (χ4n) is 2.23. The van der Waals surface area contributed by atoms with E-state index in [9.17, 15) is 0 Å².